The van der Waals surface area contributed by atoms with Gasteiger partial charge in [0.05, 0.1) is 6.61 Å². The maximum Gasteiger partial charge on any atom is 0.0544 e. The SMILES string of the molecule is CC1=C[C@]2(C)[C@@H](COP)[C@]2(C)C1. The molecule has 2 aliphatic rings. The summed E-state index contributed by atoms with van der Waals surface area (Å²) in [5.41, 5.74) is 2.50. The normalized spacial score (nSPS) is 50.3. The number of allylic oxidation sites excluding steroid dienone is 2. The maximum absolute atomic E-state index is 5.16. The molecule has 0 aromatic rings. The summed E-state index contributed by atoms with van der Waals surface area (Å²) in [6.07, 6.45) is 3.71. The Morgan fingerprint density at radius 1 is 1.67 bits per heavy atom. The summed E-state index contributed by atoms with van der Waals surface area (Å²) < 4.78 is 5.16. The molecule has 4 atom stereocenters. The average Bonchev–Trinajstić information content (AvgIpc) is 2.30. The number of hydrogen-bond donors (Lipinski definition) is 0. The van der Waals surface area contributed by atoms with Crippen molar-refractivity contribution in [3.05, 3.63) is 11.6 Å². The number of rotatable bonds is 2. The van der Waals surface area contributed by atoms with Gasteiger partial charge >= 0.3 is 0 Å². The van der Waals surface area contributed by atoms with Crippen molar-refractivity contribution in [1.29, 1.82) is 0 Å². The third kappa shape index (κ3) is 0.818. The molecule has 1 nitrogen and oxygen atoms in total. The predicted molar refractivity (Wildman–Crippen MR) is 53.7 cm³/mol. The summed E-state index contributed by atoms with van der Waals surface area (Å²) in [4.78, 5) is 0. The molecule has 2 aliphatic carbocycles. The van der Waals surface area contributed by atoms with Gasteiger partial charge in [0.1, 0.15) is 0 Å². The summed E-state index contributed by atoms with van der Waals surface area (Å²) in [5.74, 6) is 0.742. The standard InChI is InChI=1S/C10H17OP/c1-7-4-9(2)8(6-11-12)10(9,3)5-7/h4,8H,5-6,12H2,1-3H3/t8-,9-,10+/m1/s1. The van der Waals surface area contributed by atoms with E-state index in [2.05, 4.69) is 36.3 Å². The third-order valence-corrected chi connectivity index (χ3v) is 4.29. The van der Waals surface area contributed by atoms with Crippen molar-refractivity contribution in [3.8, 4) is 0 Å². The van der Waals surface area contributed by atoms with Crippen molar-refractivity contribution in [2.75, 3.05) is 6.61 Å². The van der Waals surface area contributed by atoms with Gasteiger partial charge in [-0.25, -0.2) is 0 Å². The highest BCUT2D eigenvalue weighted by molar-refractivity contribution is 7.09. The first-order valence-corrected chi connectivity index (χ1v) is 5.02. The van der Waals surface area contributed by atoms with Gasteiger partial charge < -0.3 is 4.52 Å². The van der Waals surface area contributed by atoms with Crippen LogP contribution in [0.1, 0.15) is 27.2 Å². The average molecular weight is 184 g/mol. The van der Waals surface area contributed by atoms with E-state index in [0.717, 1.165) is 12.5 Å². The molecule has 0 spiro atoms. The van der Waals surface area contributed by atoms with Gasteiger partial charge in [-0.1, -0.05) is 25.5 Å². The fourth-order valence-corrected chi connectivity index (χ4v) is 3.39. The van der Waals surface area contributed by atoms with Gasteiger partial charge in [-0.05, 0) is 30.1 Å². The van der Waals surface area contributed by atoms with Crippen LogP contribution in [0, 0.1) is 16.7 Å². The van der Waals surface area contributed by atoms with Crippen LogP contribution in [-0.2, 0) is 4.52 Å². The largest absolute Gasteiger partial charge is 0.365 e. The number of fused-ring (bicyclic) bond motifs is 1. The summed E-state index contributed by atoms with van der Waals surface area (Å²) in [5, 5.41) is 0. The lowest BCUT2D eigenvalue weighted by atomic mass is 9.99. The Morgan fingerprint density at radius 3 is 2.75 bits per heavy atom. The Morgan fingerprint density at radius 2 is 2.33 bits per heavy atom. The summed E-state index contributed by atoms with van der Waals surface area (Å²) >= 11 is 0. The highest BCUT2D eigenvalue weighted by Crippen LogP contribution is 2.76. The second-order valence-electron chi connectivity index (χ2n) is 4.75. The zero-order valence-electron chi connectivity index (χ0n) is 8.05. The molecule has 0 saturated heterocycles. The first-order chi connectivity index (χ1) is 5.54. The van der Waals surface area contributed by atoms with Gasteiger partial charge in [0.15, 0.2) is 0 Å². The smallest absolute Gasteiger partial charge is 0.0544 e. The maximum atomic E-state index is 5.16. The molecule has 2 heteroatoms. The summed E-state index contributed by atoms with van der Waals surface area (Å²) in [6, 6.07) is 0. The fourth-order valence-electron chi connectivity index (χ4n) is 3.19. The van der Waals surface area contributed by atoms with Gasteiger partial charge in [0.2, 0.25) is 0 Å². The molecular weight excluding hydrogens is 167 g/mol. The Balaban J connectivity index is 2.18. The van der Waals surface area contributed by atoms with Crippen molar-refractivity contribution in [1.82, 2.24) is 0 Å². The van der Waals surface area contributed by atoms with Gasteiger partial charge in [-0.2, -0.15) is 0 Å². The minimum Gasteiger partial charge on any atom is -0.365 e. The molecule has 68 valence electrons. The zero-order valence-corrected chi connectivity index (χ0v) is 9.21. The molecule has 1 fully saturated rings. The van der Waals surface area contributed by atoms with Gasteiger partial charge in [-0.15, -0.1) is 0 Å². The minimum absolute atomic E-state index is 0.438. The highest BCUT2D eigenvalue weighted by atomic mass is 31.0. The van der Waals surface area contributed by atoms with Gasteiger partial charge in [-0.3, -0.25) is 0 Å². The van der Waals surface area contributed by atoms with Gasteiger partial charge in [0.25, 0.3) is 0 Å². The van der Waals surface area contributed by atoms with Gasteiger partial charge in [0, 0.05) is 9.47 Å². The molecule has 0 bridgehead atoms. The summed E-state index contributed by atoms with van der Waals surface area (Å²) in [7, 11) is 2.35. The molecule has 0 aromatic heterocycles. The van der Waals surface area contributed by atoms with E-state index in [0.29, 0.717) is 10.8 Å². The van der Waals surface area contributed by atoms with Crippen LogP contribution in [-0.4, -0.2) is 6.61 Å². The lowest BCUT2D eigenvalue weighted by Crippen LogP contribution is -2.01. The van der Waals surface area contributed by atoms with E-state index in [1.165, 1.54) is 6.42 Å². The molecular formula is C10H17OP. The third-order valence-electron chi connectivity index (χ3n) is 4.10. The molecule has 12 heavy (non-hydrogen) atoms. The van der Waals surface area contributed by atoms with Crippen LogP contribution in [0.3, 0.4) is 0 Å². The quantitative estimate of drug-likeness (QED) is 0.473. The zero-order chi connectivity index (χ0) is 8.98. The van der Waals surface area contributed by atoms with Crippen LogP contribution in [0.25, 0.3) is 0 Å². The topological polar surface area (TPSA) is 9.23 Å². The van der Waals surface area contributed by atoms with Crippen molar-refractivity contribution < 1.29 is 4.52 Å². The second kappa shape index (κ2) is 2.33. The first kappa shape index (κ1) is 8.72. The Bertz CT molecular complexity index is 248. The molecule has 0 radical (unpaired) electrons. The molecule has 0 amide bonds. The van der Waals surface area contributed by atoms with E-state index in [9.17, 15) is 0 Å². The van der Waals surface area contributed by atoms with Crippen molar-refractivity contribution >= 4 is 9.47 Å². The Kier molecular flexibility index (Phi) is 1.69. The van der Waals surface area contributed by atoms with Crippen LogP contribution < -0.4 is 0 Å². The van der Waals surface area contributed by atoms with Crippen LogP contribution in [0.15, 0.2) is 11.6 Å². The Labute approximate surface area is 76.9 Å². The second-order valence-corrected chi connectivity index (χ2v) is 5.09. The fraction of sp³-hybridized carbons (Fsp3) is 0.800. The van der Waals surface area contributed by atoms with Crippen LogP contribution in [0.2, 0.25) is 0 Å². The monoisotopic (exact) mass is 184 g/mol. The number of hydrogen-bond acceptors (Lipinski definition) is 1. The molecule has 0 aromatic carbocycles. The van der Waals surface area contributed by atoms with Crippen LogP contribution in [0.5, 0.6) is 0 Å². The van der Waals surface area contributed by atoms with E-state index in [1.807, 2.05) is 0 Å². The Hall–Kier alpha value is 0.130. The lowest BCUT2D eigenvalue weighted by Gasteiger charge is -2.07. The van der Waals surface area contributed by atoms with Crippen molar-refractivity contribution in [2.24, 2.45) is 16.7 Å². The highest BCUT2D eigenvalue weighted by Gasteiger charge is 2.71. The van der Waals surface area contributed by atoms with E-state index in [4.69, 9.17) is 4.52 Å². The van der Waals surface area contributed by atoms with E-state index in [1.54, 1.807) is 5.57 Å². The van der Waals surface area contributed by atoms with E-state index in [-0.39, 0.29) is 0 Å². The van der Waals surface area contributed by atoms with E-state index < -0.39 is 0 Å². The van der Waals surface area contributed by atoms with Crippen LogP contribution in [0.4, 0.5) is 0 Å². The van der Waals surface area contributed by atoms with E-state index >= 15 is 0 Å². The molecule has 1 unspecified atom stereocenters. The molecule has 2 rings (SSSR count). The minimum atomic E-state index is 0.438. The van der Waals surface area contributed by atoms with Crippen molar-refractivity contribution in [3.63, 3.8) is 0 Å². The molecule has 0 aliphatic heterocycles. The van der Waals surface area contributed by atoms with Crippen LogP contribution >= 0.6 is 9.47 Å². The molecule has 1 saturated carbocycles. The molecule has 0 N–H and O–H groups in total. The predicted octanol–water partition coefficient (Wildman–Crippen LogP) is 2.79. The molecule has 0 heterocycles. The van der Waals surface area contributed by atoms with Crippen molar-refractivity contribution in [2.45, 2.75) is 27.2 Å². The first-order valence-electron chi connectivity index (χ1n) is 4.54. The summed E-state index contributed by atoms with van der Waals surface area (Å²) in [6.45, 7) is 7.87. The lowest BCUT2D eigenvalue weighted by molar-refractivity contribution is 0.310.